The van der Waals surface area contributed by atoms with Gasteiger partial charge in [-0.25, -0.2) is 0 Å². The van der Waals surface area contributed by atoms with Gasteiger partial charge in [-0.3, -0.25) is 0 Å². The molecular weight excluding hydrogens is 492 g/mol. The van der Waals surface area contributed by atoms with E-state index in [1.807, 2.05) is 60.7 Å². The fourth-order valence-electron chi connectivity index (χ4n) is 4.52. The largest absolute Gasteiger partial charge is 0.507 e. The molecule has 0 bridgehead atoms. The van der Waals surface area contributed by atoms with Gasteiger partial charge >= 0.3 is 0 Å². The Balaban J connectivity index is 1.97. The van der Waals surface area contributed by atoms with Crippen LogP contribution in [0.25, 0.3) is 11.1 Å². The molecule has 2 nitrogen and oxygen atoms in total. The molecular formula is C25H16Br2O2. The van der Waals surface area contributed by atoms with E-state index in [-0.39, 0.29) is 11.5 Å². The third kappa shape index (κ3) is 2.59. The highest BCUT2D eigenvalue weighted by atomic mass is 79.9. The molecule has 5 rings (SSSR count). The summed E-state index contributed by atoms with van der Waals surface area (Å²) in [5.41, 5.74) is 5.81. The van der Waals surface area contributed by atoms with Gasteiger partial charge in [-0.1, -0.05) is 60.7 Å². The van der Waals surface area contributed by atoms with Crippen LogP contribution < -0.4 is 0 Å². The Kier molecular flexibility index (Phi) is 4.30. The molecule has 0 aliphatic heterocycles. The lowest BCUT2D eigenvalue weighted by Gasteiger charge is -2.34. The third-order valence-electron chi connectivity index (χ3n) is 5.71. The minimum absolute atomic E-state index is 0.185. The van der Waals surface area contributed by atoms with Gasteiger partial charge < -0.3 is 10.2 Å². The number of fused-ring (bicyclic) bond motifs is 3. The third-order valence-corrected chi connectivity index (χ3v) is 7.05. The summed E-state index contributed by atoms with van der Waals surface area (Å²) < 4.78 is 1.30. The molecule has 0 unspecified atom stereocenters. The molecule has 1 aliphatic carbocycles. The van der Waals surface area contributed by atoms with E-state index in [4.69, 9.17) is 0 Å². The van der Waals surface area contributed by atoms with E-state index >= 15 is 0 Å². The van der Waals surface area contributed by atoms with Crippen molar-refractivity contribution < 1.29 is 10.2 Å². The van der Waals surface area contributed by atoms with Gasteiger partial charge in [0.2, 0.25) is 0 Å². The number of hydrogen-bond donors (Lipinski definition) is 2. The maximum atomic E-state index is 10.5. The fraction of sp³-hybridized carbons (Fsp3) is 0.0400. The van der Waals surface area contributed by atoms with Crippen molar-refractivity contribution in [3.63, 3.8) is 0 Å². The molecule has 0 radical (unpaired) electrons. The van der Waals surface area contributed by atoms with Crippen molar-refractivity contribution in [3.8, 4) is 22.6 Å². The number of benzene rings is 4. The van der Waals surface area contributed by atoms with Gasteiger partial charge in [-0.15, -0.1) is 0 Å². The smallest absolute Gasteiger partial charge is 0.130 e. The van der Waals surface area contributed by atoms with Crippen LogP contribution in [0.3, 0.4) is 0 Å². The Morgan fingerprint density at radius 2 is 0.966 bits per heavy atom. The molecule has 0 atom stereocenters. The maximum Gasteiger partial charge on any atom is 0.130 e. The van der Waals surface area contributed by atoms with Crippen molar-refractivity contribution in [2.24, 2.45) is 0 Å². The Bertz CT molecular complexity index is 1160. The average molecular weight is 508 g/mol. The number of rotatable bonds is 2. The van der Waals surface area contributed by atoms with Crippen molar-refractivity contribution in [1.82, 2.24) is 0 Å². The first-order valence-corrected chi connectivity index (χ1v) is 10.8. The van der Waals surface area contributed by atoms with Crippen LogP contribution in [0, 0.1) is 0 Å². The average Bonchev–Trinajstić information content (AvgIpc) is 3.04. The Morgan fingerprint density at radius 1 is 0.552 bits per heavy atom. The van der Waals surface area contributed by atoms with Crippen LogP contribution in [-0.2, 0) is 5.41 Å². The Labute approximate surface area is 185 Å². The molecule has 2 N–H and O–H groups in total. The molecule has 4 aromatic carbocycles. The van der Waals surface area contributed by atoms with Gasteiger partial charge in [-0.05, 0) is 89.5 Å². The zero-order valence-electron chi connectivity index (χ0n) is 15.2. The summed E-state index contributed by atoms with van der Waals surface area (Å²) in [7, 11) is 0. The van der Waals surface area contributed by atoms with E-state index in [9.17, 15) is 10.2 Å². The van der Waals surface area contributed by atoms with Gasteiger partial charge in [0, 0.05) is 0 Å². The molecule has 29 heavy (non-hydrogen) atoms. The van der Waals surface area contributed by atoms with Crippen LogP contribution >= 0.6 is 31.9 Å². The summed E-state index contributed by atoms with van der Waals surface area (Å²) in [5, 5.41) is 21.0. The van der Waals surface area contributed by atoms with Gasteiger partial charge in [0.1, 0.15) is 11.5 Å². The zero-order chi connectivity index (χ0) is 20.2. The van der Waals surface area contributed by atoms with E-state index in [2.05, 4.69) is 56.1 Å². The number of halogens is 2. The van der Waals surface area contributed by atoms with E-state index in [0.717, 1.165) is 33.4 Å². The lowest BCUT2D eigenvalue weighted by molar-refractivity contribution is 0.469. The van der Waals surface area contributed by atoms with Crippen molar-refractivity contribution >= 4 is 31.9 Å². The molecule has 4 heteroatoms. The molecule has 0 saturated carbocycles. The van der Waals surface area contributed by atoms with Crippen molar-refractivity contribution in [2.75, 3.05) is 0 Å². The highest BCUT2D eigenvalue weighted by molar-refractivity contribution is 9.10. The minimum atomic E-state index is -0.649. The number of phenolic OH excluding ortho intramolecular Hbond substituents is 2. The first-order valence-electron chi connectivity index (χ1n) is 9.21. The molecule has 0 heterocycles. The second kappa shape index (κ2) is 6.75. The molecule has 0 spiro atoms. The van der Waals surface area contributed by atoms with Crippen LogP contribution in [0.2, 0.25) is 0 Å². The fourth-order valence-corrected chi connectivity index (χ4v) is 5.01. The van der Waals surface area contributed by atoms with Crippen molar-refractivity contribution in [1.29, 1.82) is 0 Å². The Morgan fingerprint density at radius 3 is 1.38 bits per heavy atom. The number of phenols is 2. The van der Waals surface area contributed by atoms with Crippen LogP contribution in [-0.4, -0.2) is 10.2 Å². The van der Waals surface area contributed by atoms with Crippen LogP contribution in [0.1, 0.15) is 22.3 Å². The molecule has 0 amide bonds. The highest BCUT2D eigenvalue weighted by Gasteiger charge is 2.46. The SMILES string of the molecule is Oc1cc(C2(c3ccc(Br)c(O)c3)c3ccccc3-c3ccccc32)ccc1Br. The summed E-state index contributed by atoms with van der Waals surface area (Å²) in [4.78, 5) is 0. The van der Waals surface area contributed by atoms with Crippen molar-refractivity contribution in [2.45, 2.75) is 5.41 Å². The standard InChI is InChI=1S/C25H16Br2O2/c26-21-11-9-15(13-23(21)28)25(16-10-12-22(27)24(29)14-16)19-7-3-1-5-17(19)18-6-2-4-8-20(18)25/h1-14,28-29H. The lowest BCUT2D eigenvalue weighted by atomic mass is 9.67. The monoisotopic (exact) mass is 506 g/mol. The second-order valence-corrected chi connectivity index (χ2v) is 8.88. The molecule has 1 aliphatic rings. The minimum Gasteiger partial charge on any atom is -0.507 e. The molecule has 4 aromatic rings. The first kappa shape index (κ1) is 18.5. The normalized spacial score (nSPS) is 13.7. The number of hydrogen-bond acceptors (Lipinski definition) is 2. The van der Waals surface area contributed by atoms with E-state index < -0.39 is 5.41 Å². The van der Waals surface area contributed by atoms with E-state index in [0.29, 0.717) is 8.95 Å². The Hall–Kier alpha value is -2.56. The van der Waals surface area contributed by atoms with Crippen molar-refractivity contribution in [3.05, 3.63) is 116 Å². The van der Waals surface area contributed by atoms with Gasteiger partial charge in [0.25, 0.3) is 0 Å². The summed E-state index contributed by atoms with van der Waals surface area (Å²) in [6.07, 6.45) is 0. The predicted octanol–water partition coefficient (Wildman–Crippen LogP) is 6.99. The van der Waals surface area contributed by atoms with E-state index in [1.165, 1.54) is 0 Å². The van der Waals surface area contributed by atoms with Gasteiger partial charge in [-0.2, -0.15) is 0 Å². The molecule has 0 fully saturated rings. The summed E-state index contributed by atoms with van der Waals surface area (Å²) >= 11 is 6.80. The first-order chi connectivity index (χ1) is 14.0. The van der Waals surface area contributed by atoms with Crippen LogP contribution in [0.5, 0.6) is 11.5 Å². The highest BCUT2D eigenvalue weighted by Crippen LogP contribution is 2.57. The van der Waals surface area contributed by atoms with Gasteiger partial charge in [0.05, 0.1) is 14.4 Å². The van der Waals surface area contributed by atoms with Crippen LogP contribution in [0.15, 0.2) is 93.9 Å². The predicted molar refractivity (Wildman–Crippen MR) is 122 cm³/mol. The van der Waals surface area contributed by atoms with Gasteiger partial charge in [0.15, 0.2) is 0 Å². The summed E-state index contributed by atoms with van der Waals surface area (Å²) in [6, 6.07) is 28.1. The molecule has 0 aromatic heterocycles. The molecule has 0 saturated heterocycles. The maximum absolute atomic E-state index is 10.5. The zero-order valence-corrected chi connectivity index (χ0v) is 18.4. The van der Waals surface area contributed by atoms with Crippen LogP contribution in [0.4, 0.5) is 0 Å². The topological polar surface area (TPSA) is 40.5 Å². The lowest BCUT2D eigenvalue weighted by Crippen LogP contribution is -2.28. The van der Waals surface area contributed by atoms with E-state index in [1.54, 1.807) is 0 Å². The quantitative estimate of drug-likeness (QED) is 0.270. The summed E-state index contributed by atoms with van der Waals surface area (Å²) in [6.45, 7) is 0. The second-order valence-electron chi connectivity index (χ2n) is 7.17. The number of aromatic hydroxyl groups is 2. The molecule has 142 valence electrons. The summed E-state index contributed by atoms with van der Waals surface area (Å²) in [5.74, 6) is 0.371.